The van der Waals surface area contributed by atoms with E-state index in [0.29, 0.717) is 0 Å². The minimum Gasteiger partial charge on any atom is -0.371 e. The Morgan fingerprint density at radius 3 is 2.67 bits per heavy atom. The molecule has 3 rings (SSSR count). The van der Waals surface area contributed by atoms with Crippen molar-refractivity contribution in [3.05, 3.63) is 28.8 Å². The number of nitrogens with one attached hydrogen (secondary N) is 1. The van der Waals surface area contributed by atoms with Crippen molar-refractivity contribution in [1.82, 2.24) is 5.32 Å². The predicted molar refractivity (Wildman–Crippen MR) is 77.4 cm³/mol. The molecule has 0 atom stereocenters. The average Bonchev–Trinajstić information content (AvgIpc) is 3.22. The highest BCUT2D eigenvalue weighted by molar-refractivity contribution is 6.30. The Balaban J connectivity index is 1.77. The van der Waals surface area contributed by atoms with E-state index in [4.69, 9.17) is 11.6 Å². The van der Waals surface area contributed by atoms with Crippen LogP contribution in [0.5, 0.6) is 0 Å². The van der Waals surface area contributed by atoms with Gasteiger partial charge in [-0.25, -0.2) is 0 Å². The number of piperidine rings is 1. The van der Waals surface area contributed by atoms with E-state index in [9.17, 15) is 0 Å². The summed E-state index contributed by atoms with van der Waals surface area (Å²) in [7, 11) is 0. The summed E-state index contributed by atoms with van der Waals surface area (Å²) in [4.78, 5) is 2.50. The first-order valence-electron chi connectivity index (χ1n) is 7.10. The third kappa shape index (κ3) is 2.99. The van der Waals surface area contributed by atoms with E-state index in [0.717, 1.165) is 17.6 Å². The highest BCUT2D eigenvalue weighted by Crippen LogP contribution is 2.28. The van der Waals surface area contributed by atoms with Gasteiger partial charge in [-0.2, -0.15) is 0 Å². The molecular weight excluding hydrogens is 244 g/mol. The molecule has 0 radical (unpaired) electrons. The van der Waals surface area contributed by atoms with Crippen molar-refractivity contribution in [3.8, 4) is 0 Å². The molecule has 1 aliphatic heterocycles. The molecule has 1 heterocycles. The fourth-order valence-electron chi connectivity index (χ4n) is 2.66. The summed E-state index contributed by atoms with van der Waals surface area (Å²) < 4.78 is 0. The third-order valence-corrected chi connectivity index (χ3v) is 4.14. The first-order chi connectivity index (χ1) is 8.83. The van der Waals surface area contributed by atoms with Crippen LogP contribution in [-0.2, 0) is 6.54 Å². The molecule has 2 nitrogen and oxygen atoms in total. The quantitative estimate of drug-likeness (QED) is 0.894. The van der Waals surface area contributed by atoms with Crippen molar-refractivity contribution >= 4 is 17.3 Å². The van der Waals surface area contributed by atoms with E-state index >= 15 is 0 Å². The summed E-state index contributed by atoms with van der Waals surface area (Å²) in [5.74, 6) is 0. The van der Waals surface area contributed by atoms with Gasteiger partial charge in [0.15, 0.2) is 0 Å². The van der Waals surface area contributed by atoms with Crippen molar-refractivity contribution in [3.63, 3.8) is 0 Å². The molecule has 0 unspecified atom stereocenters. The van der Waals surface area contributed by atoms with Crippen molar-refractivity contribution in [2.45, 2.75) is 44.7 Å². The topological polar surface area (TPSA) is 15.3 Å². The van der Waals surface area contributed by atoms with Crippen molar-refractivity contribution in [1.29, 1.82) is 0 Å². The Kier molecular flexibility index (Phi) is 3.76. The molecular formula is C15H21ClN2. The molecule has 1 saturated heterocycles. The zero-order valence-corrected chi connectivity index (χ0v) is 11.5. The maximum absolute atomic E-state index is 6.16. The van der Waals surface area contributed by atoms with Crippen LogP contribution in [-0.4, -0.2) is 19.1 Å². The number of anilines is 1. The minimum absolute atomic E-state index is 0.759. The first kappa shape index (κ1) is 12.3. The lowest BCUT2D eigenvalue weighted by Gasteiger charge is -2.31. The molecule has 1 aliphatic carbocycles. The number of nitrogens with zero attached hydrogens (tertiary/aromatic N) is 1. The maximum atomic E-state index is 6.16. The van der Waals surface area contributed by atoms with Crippen LogP contribution in [0, 0.1) is 0 Å². The molecule has 18 heavy (non-hydrogen) atoms. The highest BCUT2D eigenvalue weighted by Gasteiger charge is 2.21. The second kappa shape index (κ2) is 5.50. The van der Waals surface area contributed by atoms with Crippen LogP contribution in [0.4, 0.5) is 5.69 Å². The van der Waals surface area contributed by atoms with Crippen LogP contribution in [0.25, 0.3) is 0 Å². The molecule has 0 spiro atoms. The molecule has 1 N–H and O–H groups in total. The Hall–Kier alpha value is -0.730. The summed E-state index contributed by atoms with van der Waals surface area (Å²) in [5, 5.41) is 4.45. The zero-order chi connectivity index (χ0) is 12.4. The van der Waals surface area contributed by atoms with E-state index < -0.39 is 0 Å². The van der Waals surface area contributed by atoms with E-state index in [1.54, 1.807) is 0 Å². The summed E-state index contributed by atoms with van der Waals surface area (Å²) in [6.07, 6.45) is 6.66. The average molecular weight is 265 g/mol. The fraction of sp³-hybridized carbons (Fsp3) is 0.600. The molecule has 1 aromatic rings. The largest absolute Gasteiger partial charge is 0.371 e. The van der Waals surface area contributed by atoms with Gasteiger partial charge in [0.05, 0.1) is 0 Å². The minimum atomic E-state index is 0.759. The monoisotopic (exact) mass is 264 g/mol. The summed E-state index contributed by atoms with van der Waals surface area (Å²) in [6.45, 7) is 3.33. The molecule has 1 saturated carbocycles. The zero-order valence-electron chi connectivity index (χ0n) is 10.8. The van der Waals surface area contributed by atoms with Gasteiger partial charge in [-0.3, -0.25) is 0 Å². The first-order valence-corrected chi connectivity index (χ1v) is 7.47. The molecule has 0 bridgehead atoms. The van der Waals surface area contributed by atoms with Gasteiger partial charge in [0.1, 0.15) is 0 Å². The van der Waals surface area contributed by atoms with Gasteiger partial charge in [-0.05, 0) is 49.8 Å². The molecule has 1 aromatic carbocycles. The maximum Gasteiger partial charge on any atom is 0.0426 e. The molecule has 2 aliphatic rings. The number of benzene rings is 1. The Morgan fingerprint density at radius 1 is 1.17 bits per heavy atom. The van der Waals surface area contributed by atoms with Gasteiger partial charge >= 0.3 is 0 Å². The number of halogens is 1. The molecule has 2 fully saturated rings. The van der Waals surface area contributed by atoms with E-state index in [-0.39, 0.29) is 0 Å². The smallest absolute Gasteiger partial charge is 0.0426 e. The van der Waals surface area contributed by atoms with Gasteiger partial charge in [-0.1, -0.05) is 17.7 Å². The second-order valence-electron chi connectivity index (χ2n) is 5.48. The van der Waals surface area contributed by atoms with Crippen LogP contribution >= 0.6 is 11.6 Å². The predicted octanol–water partition coefficient (Wildman–Crippen LogP) is 3.58. The number of hydrogen-bond acceptors (Lipinski definition) is 2. The van der Waals surface area contributed by atoms with Gasteiger partial charge in [0.2, 0.25) is 0 Å². The van der Waals surface area contributed by atoms with Crippen LogP contribution in [0.15, 0.2) is 18.2 Å². The lowest BCUT2D eigenvalue weighted by Crippen LogP contribution is -2.31. The second-order valence-corrected chi connectivity index (χ2v) is 5.91. The van der Waals surface area contributed by atoms with Gasteiger partial charge in [-0.15, -0.1) is 0 Å². The van der Waals surface area contributed by atoms with Crippen molar-refractivity contribution in [2.75, 3.05) is 18.0 Å². The molecule has 0 amide bonds. The Bertz CT molecular complexity index is 409. The normalized spacial score (nSPS) is 20.2. The van der Waals surface area contributed by atoms with E-state index in [1.165, 1.54) is 56.4 Å². The summed E-state index contributed by atoms with van der Waals surface area (Å²) in [6, 6.07) is 7.09. The van der Waals surface area contributed by atoms with Gasteiger partial charge < -0.3 is 10.2 Å². The molecule has 0 aromatic heterocycles. The fourth-order valence-corrected chi connectivity index (χ4v) is 2.82. The lowest BCUT2D eigenvalue weighted by atomic mass is 10.1. The van der Waals surface area contributed by atoms with E-state index in [2.05, 4.69) is 22.3 Å². The third-order valence-electron chi connectivity index (χ3n) is 3.90. The Labute approximate surface area is 114 Å². The summed E-state index contributed by atoms with van der Waals surface area (Å²) >= 11 is 6.16. The molecule has 98 valence electrons. The number of rotatable bonds is 4. The van der Waals surface area contributed by atoms with Crippen LogP contribution in [0.1, 0.15) is 37.7 Å². The van der Waals surface area contributed by atoms with Crippen LogP contribution in [0.2, 0.25) is 5.02 Å². The van der Waals surface area contributed by atoms with E-state index in [1.807, 2.05) is 6.07 Å². The van der Waals surface area contributed by atoms with Crippen LogP contribution in [0.3, 0.4) is 0 Å². The number of hydrogen-bond donors (Lipinski definition) is 1. The van der Waals surface area contributed by atoms with Crippen molar-refractivity contribution in [2.24, 2.45) is 0 Å². The van der Waals surface area contributed by atoms with Crippen molar-refractivity contribution < 1.29 is 0 Å². The lowest BCUT2D eigenvalue weighted by molar-refractivity contribution is 0.574. The standard InChI is InChI=1S/C15H21ClN2/c16-13-5-4-12(11-17-14-6-7-14)15(10-13)18-8-2-1-3-9-18/h4-5,10,14,17H,1-3,6-9,11H2. The van der Waals surface area contributed by atoms with Gasteiger partial charge in [0.25, 0.3) is 0 Å². The van der Waals surface area contributed by atoms with Crippen LogP contribution < -0.4 is 10.2 Å². The van der Waals surface area contributed by atoms with Gasteiger partial charge in [0, 0.05) is 36.4 Å². The summed E-state index contributed by atoms with van der Waals surface area (Å²) in [5.41, 5.74) is 2.74. The Morgan fingerprint density at radius 2 is 1.94 bits per heavy atom. The molecule has 3 heteroatoms. The SMILES string of the molecule is Clc1ccc(CNC2CC2)c(N2CCCCC2)c1. The highest BCUT2D eigenvalue weighted by atomic mass is 35.5.